The fourth-order valence-electron chi connectivity index (χ4n) is 3.30. The number of halogens is 1. The molecule has 0 aromatic heterocycles. The molecule has 6 nitrogen and oxygen atoms in total. The van der Waals surface area contributed by atoms with Gasteiger partial charge in [0, 0.05) is 10.6 Å². The maximum Gasteiger partial charge on any atom is 0.261 e. The van der Waals surface area contributed by atoms with Gasteiger partial charge in [0.15, 0.2) is 0 Å². The molecule has 0 saturated carbocycles. The lowest BCUT2D eigenvalue weighted by atomic mass is 10.1. The van der Waals surface area contributed by atoms with Crippen LogP contribution >= 0.6 is 11.6 Å². The highest BCUT2D eigenvalue weighted by Crippen LogP contribution is 2.28. The molecule has 150 valence electrons. The number of benzene rings is 3. The Morgan fingerprint density at radius 3 is 2.20 bits per heavy atom. The first-order valence-corrected chi connectivity index (χ1v) is 9.55. The molecule has 7 heteroatoms. The molecule has 1 aliphatic heterocycles. The number of carbonyl (C=O) groups is 3. The summed E-state index contributed by atoms with van der Waals surface area (Å²) < 4.78 is 5.23. The molecule has 0 atom stereocenters. The second-order valence-electron chi connectivity index (χ2n) is 6.74. The topological polar surface area (TPSA) is 75.7 Å². The number of methoxy groups -OCH3 is 1. The zero-order valence-corrected chi connectivity index (χ0v) is 16.8. The largest absolute Gasteiger partial charge is 0.495 e. The van der Waals surface area contributed by atoms with Crippen molar-refractivity contribution in [2.45, 2.75) is 6.54 Å². The number of imide groups is 1. The van der Waals surface area contributed by atoms with Gasteiger partial charge in [0.05, 0.1) is 30.5 Å². The van der Waals surface area contributed by atoms with Crippen molar-refractivity contribution in [2.75, 3.05) is 12.4 Å². The standard InChI is InChI=1S/C23H17ClN2O4/c1-30-20-11-10-16(24)12-19(20)25-21(27)15-8-6-14(7-9-15)13-26-22(28)17-4-2-3-5-18(17)23(26)29/h2-12H,13H2,1H3,(H,25,27). The second kappa shape index (κ2) is 8.00. The summed E-state index contributed by atoms with van der Waals surface area (Å²) in [4.78, 5) is 38.8. The number of rotatable bonds is 5. The highest BCUT2D eigenvalue weighted by atomic mass is 35.5. The third-order valence-corrected chi connectivity index (χ3v) is 5.08. The summed E-state index contributed by atoms with van der Waals surface area (Å²) in [5.41, 5.74) is 2.44. The fraction of sp³-hybridized carbons (Fsp3) is 0.0870. The Kier molecular flexibility index (Phi) is 5.25. The minimum Gasteiger partial charge on any atom is -0.495 e. The van der Waals surface area contributed by atoms with E-state index in [1.54, 1.807) is 66.7 Å². The first kappa shape index (κ1) is 19.7. The number of carbonyl (C=O) groups excluding carboxylic acids is 3. The van der Waals surface area contributed by atoms with Gasteiger partial charge in [-0.1, -0.05) is 35.9 Å². The first-order chi connectivity index (χ1) is 14.5. The Hall–Kier alpha value is -3.64. The highest BCUT2D eigenvalue weighted by Gasteiger charge is 2.34. The van der Waals surface area contributed by atoms with Crippen molar-refractivity contribution in [3.8, 4) is 5.75 Å². The lowest BCUT2D eigenvalue weighted by molar-refractivity contribution is 0.0642. The average Bonchev–Trinajstić information content (AvgIpc) is 2.99. The summed E-state index contributed by atoms with van der Waals surface area (Å²) in [6.07, 6.45) is 0. The van der Waals surface area contributed by atoms with Crippen LogP contribution in [0.4, 0.5) is 5.69 Å². The molecular weight excluding hydrogens is 404 g/mol. The molecule has 3 aromatic rings. The monoisotopic (exact) mass is 420 g/mol. The van der Waals surface area contributed by atoms with Crippen molar-refractivity contribution in [3.05, 3.63) is 94.0 Å². The Morgan fingerprint density at radius 2 is 1.60 bits per heavy atom. The summed E-state index contributed by atoms with van der Waals surface area (Å²) in [6, 6.07) is 18.4. The minimum atomic E-state index is -0.331. The highest BCUT2D eigenvalue weighted by molar-refractivity contribution is 6.31. The van der Waals surface area contributed by atoms with E-state index < -0.39 is 0 Å². The molecule has 1 N–H and O–H groups in total. The van der Waals surface area contributed by atoms with E-state index in [4.69, 9.17) is 16.3 Å². The predicted octanol–water partition coefficient (Wildman–Crippen LogP) is 4.40. The van der Waals surface area contributed by atoms with Crippen LogP contribution in [0.15, 0.2) is 66.7 Å². The summed E-state index contributed by atoms with van der Waals surface area (Å²) >= 11 is 6.00. The number of nitrogens with zero attached hydrogens (tertiary/aromatic N) is 1. The van der Waals surface area contributed by atoms with Gasteiger partial charge in [0.25, 0.3) is 17.7 Å². The first-order valence-electron chi connectivity index (χ1n) is 9.17. The van der Waals surface area contributed by atoms with Crippen LogP contribution in [0.2, 0.25) is 5.02 Å². The van der Waals surface area contributed by atoms with Crippen LogP contribution in [0.3, 0.4) is 0 Å². The van der Waals surface area contributed by atoms with Gasteiger partial charge in [-0.3, -0.25) is 19.3 Å². The van der Waals surface area contributed by atoms with Gasteiger partial charge in [-0.2, -0.15) is 0 Å². The van der Waals surface area contributed by atoms with Gasteiger partial charge in [-0.05, 0) is 48.0 Å². The van der Waals surface area contributed by atoms with E-state index in [1.807, 2.05) is 0 Å². The van der Waals surface area contributed by atoms with E-state index in [9.17, 15) is 14.4 Å². The smallest absolute Gasteiger partial charge is 0.261 e. The Labute approximate surface area is 178 Å². The van der Waals surface area contributed by atoms with Gasteiger partial charge < -0.3 is 10.1 Å². The number of amides is 3. The number of ether oxygens (including phenoxy) is 1. The summed E-state index contributed by atoms with van der Waals surface area (Å²) in [5, 5.41) is 3.24. The molecule has 0 saturated heterocycles. The summed E-state index contributed by atoms with van der Waals surface area (Å²) in [5.74, 6) is -0.464. The molecule has 0 bridgehead atoms. The van der Waals surface area contributed by atoms with Gasteiger partial charge in [0.2, 0.25) is 0 Å². The number of anilines is 1. The van der Waals surface area contributed by atoms with Crippen LogP contribution in [0.25, 0.3) is 0 Å². The van der Waals surface area contributed by atoms with Crippen molar-refractivity contribution in [1.29, 1.82) is 0 Å². The molecule has 3 aromatic carbocycles. The third-order valence-electron chi connectivity index (χ3n) is 4.84. The van der Waals surface area contributed by atoms with Crippen molar-refractivity contribution < 1.29 is 19.1 Å². The fourth-order valence-corrected chi connectivity index (χ4v) is 3.47. The van der Waals surface area contributed by atoms with Crippen LogP contribution in [0.5, 0.6) is 5.75 Å². The van der Waals surface area contributed by atoms with E-state index >= 15 is 0 Å². The van der Waals surface area contributed by atoms with Crippen LogP contribution < -0.4 is 10.1 Å². The SMILES string of the molecule is COc1ccc(Cl)cc1NC(=O)c1ccc(CN2C(=O)c3ccccc3C2=O)cc1. The number of hydrogen-bond donors (Lipinski definition) is 1. The molecular formula is C23H17ClN2O4. The molecule has 0 radical (unpaired) electrons. The van der Waals surface area contributed by atoms with Crippen LogP contribution in [0, 0.1) is 0 Å². The molecule has 0 unspecified atom stereocenters. The van der Waals surface area contributed by atoms with Crippen molar-refractivity contribution in [1.82, 2.24) is 4.90 Å². The lowest BCUT2D eigenvalue weighted by Gasteiger charge is -2.14. The molecule has 1 heterocycles. The summed E-state index contributed by atoms with van der Waals surface area (Å²) in [6.45, 7) is 0.135. The third kappa shape index (κ3) is 3.65. The van der Waals surface area contributed by atoms with Crippen molar-refractivity contribution in [2.24, 2.45) is 0 Å². The average molecular weight is 421 g/mol. The predicted molar refractivity (Wildman–Crippen MR) is 113 cm³/mol. The van der Waals surface area contributed by atoms with E-state index in [0.29, 0.717) is 33.1 Å². The van der Waals surface area contributed by atoms with Gasteiger partial charge in [-0.25, -0.2) is 0 Å². The summed E-state index contributed by atoms with van der Waals surface area (Å²) in [7, 11) is 1.51. The molecule has 4 rings (SSSR count). The number of fused-ring (bicyclic) bond motifs is 1. The van der Waals surface area contributed by atoms with Crippen LogP contribution in [0.1, 0.15) is 36.6 Å². The number of nitrogens with one attached hydrogen (secondary N) is 1. The van der Waals surface area contributed by atoms with Crippen molar-refractivity contribution in [3.63, 3.8) is 0 Å². The lowest BCUT2D eigenvalue weighted by Crippen LogP contribution is -2.29. The Bertz CT molecular complexity index is 1120. The van der Waals surface area contributed by atoms with Crippen LogP contribution in [-0.4, -0.2) is 29.7 Å². The molecule has 30 heavy (non-hydrogen) atoms. The van der Waals surface area contributed by atoms with Gasteiger partial charge in [-0.15, -0.1) is 0 Å². The van der Waals surface area contributed by atoms with Gasteiger partial charge >= 0.3 is 0 Å². The van der Waals surface area contributed by atoms with Gasteiger partial charge in [0.1, 0.15) is 5.75 Å². The van der Waals surface area contributed by atoms with E-state index in [2.05, 4.69) is 5.32 Å². The molecule has 3 amide bonds. The second-order valence-corrected chi connectivity index (χ2v) is 7.17. The molecule has 0 aliphatic carbocycles. The maximum absolute atomic E-state index is 12.6. The number of hydrogen-bond acceptors (Lipinski definition) is 4. The van der Waals surface area contributed by atoms with E-state index in [1.165, 1.54) is 12.0 Å². The van der Waals surface area contributed by atoms with Crippen molar-refractivity contribution >= 4 is 35.0 Å². The zero-order chi connectivity index (χ0) is 21.3. The normalized spacial score (nSPS) is 12.7. The zero-order valence-electron chi connectivity index (χ0n) is 16.0. The maximum atomic E-state index is 12.6. The van der Waals surface area contributed by atoms with E-state index in [-0.39, 0.29) is 24.3 Å². The minimum absolute atomic E-state index is 0.135. The Balaban J connectivity index is 1.47. The molecule has 0 spiro atoms. The molecule has 1 aliphatic rings. The van der Waals surface area contributed by atoms with E-state index in [0.717, 1.165) is 5.56 Å². The van der Waals surface area contributed by atoms with Crippen LogP contribution in [-0.2, 0) is 6.54 Å². The Morgan fingerprint density at radius 1 is 0.967 bits per heavy atom. The molecule has 0 fully saturated rings. The quantitative estimate of drug-likeness (QED) is 0.621.